The second kappa shape index (κ2) is 3.05. The van der Waals surface area contributed by atoms with Crippen LogP contribution in [0.15, 0.2) is 0 Å². The van der Waals surface area contributed by atoms with Gasteiger partial charge in [-0.15, -0.1) is 0 Å². The standard InChI is InChI=1S/C10H16O.Li.H/c11-10-8-2-6-1-7(4-8)5-9(10)3-6;;/h6-11H,1-5H2;;/q;+1;-1. The van der Waals surface area contributed by atoms with Gasteiger partial charge < -0.3 is 6.53 Å². The molecule has 0 unspecified atom stereocenters. The Morgan fingerprint density at radius 3 is 1.67 bits per heavy atom. The molecule has 0 aromatic carbocycles. The van der Waals surface area contributed by atoms with E-state index in [9.17, 15) is 5.11 Å². The molecule has 4 aliphatic carbocycles. The third-order valence-electron chi connectivity index (χ3n) is 4.18. The molecule has 0 aliphatic heterocycles. The normalized spacial score (nSPS) is 55.2. The second-order valence-corrected chi connectivity index (χ2v) is 4.92. The van der Waals surface area contributed by atoms with Gasteiger partial charge in [-0.3, -0.25) is 0 Å². The predicted molar refractivity (Wildman–Crippen MR) is 44.2 cm³/mol. The Hall–Kier alpha value is 0.557. The molecule has 4 fully saturated rings. The molecule has 1 nitrogen and oxygen atoms in total. The summed E-state index contributed by atoms with van der Waals surface area (Å²) in [6.45, 7) is 0. The number of rotatable bonds is 0. The summed E-state index contributed by atoms with van der Waals surface area (Å²) in [5.41, 5.74) is 0. The molecule has 0 saturated heterocycles. The summed E-state index contributed by atoms with van der Waals surface area (Å²) in [5.74, 6) is 3.40. The zero-order chi connectivity index (χ0) is 7.42. The first kappa shape index (κ1) is 9.13. The molecule has 1 N–H and O–H groups in total. The van der Waals surface area contributed by atoms with E-state index >= 15 is 0 Å². The smallest absolute Gasteiger partial charge is 1.00 e. The monoisotopic (exact) mass is 160 g/mol. The van der Waals surface area contributed by atoms with Crippen LogP contribution in [-0.4, -0.2) is 11.2 Å². The van der Waals surface area contributed by atoms with Crippen molar-refractivity contribution in [1.82, 2.24) is 0 Å². The Morgan fingerprint density at radius 2 is 1.25 bits per heavy atom. The van der Waals surface area contributed by atoms with E-state index in [1.54, 1.807) is 0 Å². The average Bonchev–Trinajstić information content (AvgIpc) is 1.98. The van der Waals surface area contributed by atoms with Gasteiger partial charge in [0, 0.05) is 0 Å². The van der Waals surface area contributed by atoms with Crippen LogP contribution in [0.2, 0.25) is 0 Å². The summed E-state index contributed by atoms with van der Waals surface area (Å²) in [6.07, 6.45) is 6.94. The summed E-state index contributed by atoms with van der Waals surface area (Å²) in [7, 11) is 0. The van der Waals surface area contributed by atoms with Crippen LogP contribution in [0.3, 0.4) is 0 Å². The van der Waals surface area contributed by atoms with Crippen LogP contribution in [0.4, 0.5) is 0 Å². The second-order valence-electron chi connectivity index (χ2n) is 4.92. The minimum absolute atomic E-state index is 0. The zero-order valence-corrected chi connectivity index (χ0v) is 7.87. The minimum Gasteiger partial charge on any atom is -1.00 e. The maximum absolute atomic E-state index is 9.83. The Morgan fingerprint density at radius 1 is 0.833 bits per heavy atom. The molecule has 0 heterocycles. The SMILES string of the molecule is OC1C2CC3CC(C2)CC1C3.[H-].[Li+]. The van der Waals surface area contributed by atoms with Crippen molar-refractivity contribution in [2.45, 2.75) is 38.2 Å². The van der Waals surface area contributed by atoms with Crippen molar-refractivity contribution in [2.75, 3.05) is 0 Å². The molecule has 0 atom stereocenters. The minimum atomic E-state index is 0. The van der Waals surface area contributed by atoms with Gasteiger partial charge in [0.25, 0.3) is 0 Å². The maximum atomic E-state index is 9.83. The first-order chi connectivity index (χ1) is 5.33. The molecule has 12 heavy (non-hydrogen) atoms. The predicted octanol–water partition coefficient (Wildman–Crippen LogP) is -1.08. The van der Waals surface area contributed by atoms with Crippen LogP contribution >= 0.6 is 0 Å². The molecular formula is C10H17LiO. The summed E-state index contributed by atoms with van der Waals surface area (Å²) in [4.78, 5) is 0. The van der Waals surface area contributed by atoms with Crippen LogP contribution < -0.4 is 18.9 Å². The van der Waals surface area contributed by atoms with E-state index in [2.05, 4.69) is 0 Å². The van der Waals surface area contributed by atoms with E-state index < -0.39 is 0 Å². The van der Waals surface area contributed by atoms with Gasteiger partial charge in [0.1, 0.15) is 0 Å². The molecule has 0 aromatic heterocycles. The van der Waals surface area contributed by atoms with Gasteiger partial charge >= 0.3 is 18.9 Å². The third-order valence-corrected chi connectivity index (χ3v) is 4.18. The van der Waals surface area contributed by atoms with Crippen LogP contribution in [0.25, 0.3) is 0 Å². The van der Waals surface area contributed by atoms with E-state index in [4.69, 9.17) is 0 Å². The Balaban J connectivity index is 0.000000422. The Labute approximate surface area is 87.6 Å². The molecule has 4 bridgehead atoms. The zero-order valence-electron chi connectivity index (χ0n) is 8.87. The molecule has 4 rings (SSSR count). The number of hydrogen-bond acceptors (Lipinski definition) is 1. The number of aliphatic hydroxyl groups excluding tert-OH is 1. The van der Waals surface area contributed by atoms with Crippen molar-refractivity contribution >= 4 is 0 Å². The van der Waals surface area contributed by atoms with Crippen LogP contribution in [0.5, 0.6) is 0 Å². The first-order valence-corrected chi connectivity index (χ1v) is 5.01. The molecule has 0 spiro atoms. The molecule has 0 aromatic rings. The van der Waals surface area contributed by atoms with Gasteiger partial charge in [0.2, 0.25) is 0 Å². The summed E-state index contributed by atoms with van der Waals surface area (Å²) in [5, 5.41) is 9.83. The van der Waals surface area contributed by atoms with E-state index in [0.29, 0.717) is 11.8 Å². The van der Waals surface area contributed by atoms with Crippen LogP contribution in [0.1, 0.15) is 33.5 Å². The topological polar surface area (TPSA) is 20.2 Å². The third kappa shape index (κ3) is 1.18. The fourth-order valence-corrected chi connectivity index (χ4v) is 3.90. The number of hydrogen-bond donors (Lipinski definition) is 1. The molecule has 4 aliphatic rings. The van der Waals surface area contributed by atoms with Gasteiger partial charge in [0.05, 0.1) is 6.10 Å². The molecule has 0 amide bonds. The fraction of sp³-hybridized carbons (Fsp3) is 1.00. The van der Waals surface area contributed by atoms with Crippen molar-refractivity contribution in [1.29, 1.82) is 0 Å². The van der Waals surface area contributed by atoms with Crippen molar-refractivity contribution < 1.29 is 25.4 Å². The van der Waals surface area contributed by atoms with Gasteiger partial charge in [-0.2, -0.15) is 0 Å². The van der Waals surface area contributed by atoms with Crippen molar-refractivity contribution in [3.05, 3.63) is 0 Å². The largest absolute Gasteiger partial charge is 1.00 e. The van der Waals surface area contributed by atoms with E-state index in [0.717, 1.165) is 11.8 Å². The fourth-order valence-electron chi connectivity index (χ4n) is 3.90. The van der Waals surface area contributed by atoms with E-state index in [1.165, 1.54) is 32.1 Å². The molecule has 64 valence electrons. The average molecular weight is 160 g/mol. The quantitative estimate of drug-likeness (QED) is 0.447. The van der Waals surface area contributed by atoms with Crippen LogP contribution in [0, 0.1) is 23.7 Å². The van der Waals surface area contributed by atoms with Gasteiger partial charge in [-0.25, -0.2) is 0 Å². The molecular weight excluding hydrogens is 143 g/mol. The molecule has 0 radical (unpaired) electrons. The van der Waals surface area contributed by atoms with Crippen molar-refractivity contribution in [2.24, 2.45) is 23.7 Å². The summed E-state index contributed by atoms with van der Waals surface area (Å²) < 4.78 is 0. The summed E-state index contributed by atoms with van der Waals surface area (Å²) >= 11 is 0. The number of aliphatic hydroxyl groups is 1. The van der Waals surface area contributed by atoms with Crippen molar-refractivity contribution in [3.8, 4) is 0 Å². The Bertz CT molecular complexity index is 158. The van der Waals surface area contributed by atoms with Gasteiger partial charge in [-0.05, 0) is 55.8 Å². The molecule has 2 heteroatoms. The van der Waals surface area contributed by atoms with Crippen molar-refractivity contribution in [3.63, 3.8) is 0 Å². The van der Waals surface area contributed by atoms with Crippen LogP contribution in [-0.2, 0) is 0 Å². The van der Waals surface area contributed by atoms with Gasteiger partial charge in [0.15, 0.2) is 0 Å². The summed E-state index contributed by atoms with van der Waals surface area (Å²) in [6, 6.07) is 0. The van der Waals surface area contributed by atoms with Gasteiger partial charge in [-0.1, -0.05) is 0 Å². The molecule has 4 saturated carbocycles. The first-order valence-electron chi connectivity index (χ1n) is 5.01. The van der Waals surface area contributed by atoms with E-state index in [1.807, 2.05) is 0 Å². The Kier molecular flexibility index (Phi) is 2.32. The maximum Gasteiger partial charge on any atom is 1.00 e. The van der Waals surface area contributed by atoms with E-state index in [-0.39, 0.29) is 26.4 Å².